The number of aromatic nitrogens is 3. The maximum absolute atomic E-state index is 12.4. The summed E-state index contributed by atoms with van der Waals surface area (Å²) >= 11 is 0. The quantitative estimate of drug-likeness (QED) is 0.818. The molecule has 2 atom stereocenters. The number of carbonyl (C=O) groups excluding carboxylic acids is 1. The molecule has 140 valence electrons. The van der Waals surface area contributed by atoms with E-state index in [0.29, 0.717) is 31.9 Å². The Morgan fingerprint density at radius 3 is 3.08 bits per heavy atom. The second-order valence-electron chi connectivity index (χ2n) is 6.47. The van der Waals surface area contributed by atoms with E-state index in [2.05, 4.69) is 22.2 Å². The van der Waals surface area contributed by atoms with Crippen molar-refractivity contribution in [1.82, 2.24) is 19.9 Å². The first-order chi connectivity index (χ1) is 12.7. The van der Waals surface area contributed by atoms with Crippen molar-refractivity contribution in [1.29, 1.82) is 0 Å². The smallest absolute Gasteiger partial charge is 0.222 e. The fourth-order valence-electron chi connectivity index (χ4n) is 3.05. The number of nitrogens with one attached hydrogen (secondary N) is 1. The van der Waals surface area contributed by atoms with E-state index in [0.717, 1.165) is 24.4 Å². The molecule has 3 rings (SSSR count). The molecule has 1 saturated heterocycles. The van der Waals surface area contributed by atoms with Gasteiger partial charge in [-0.25, -0.2) is 4.98 Å². The Kier molecular flexibility index (Phi) is 6.22. The van der Waals surface area contributed by atoms with E-state index in [4.69, 9.17) is 9.47 Å². The van der Waals surface area contributed by atoms with Crippen LogP contribution >= 0.6 is 0 Å². The first kappa shape index (κ1) is 18.4. The minimum absolute atomic E-state index is 0.0169. The lowest BCUT2D eigenvalue weighted by Crippen LogP contribution is -2.51. The molecule has 0 radical (unpaired) electrons. The maximum Gasteiger partial charge on any atom is 0.222 e. The van der Waals surface area contributed by atoms with Gasteiger partial charge in [0.1, 0.15) is 17.7 Å². The van der Waals surface area contributed by atoms with Gasteiger partial charge < -0.3 is 19.4 Å². The number of imidazole rings is 1. The molecule has 1 fully saturated rings. The van der Waals surface area contributed by atoms with E-state index in [9.17, 15) is 4.79 Å². The standard InChI is InChI=1S/C19H26N4O3/c1-3-18-20-8-10-23(18)9-6-19(24)22-16-7-11-25-13-17(16)26-15-5-4-14(2)21-12-15/h4-5,8,10,12,16-17H,3,6-7,9,11,13H2,1-2H3,(H,22,24)/t16-,17+/m0/s1. The normalized spacial score (nSPS) is 19.9. The number of ether oxygens (including phenoxy) is 2. The molecule has 7 nitrogen and oxygen atoms in total. The number of amides is 1. The van der Waals surface area contributed by atoms with Crippen LogP contribution in [0.1, 0.15) is 31.3 Å². The van der Waals surface area contributed by atoms with Gasteiger partial charge in [0.05, 0.1) is 18.8 Å². The number of nitrogens with zero attached hydrogens (tertiary/aromatic N) is 3. The molecule has 1 aliphatic rings. The summed E-state index contributed by atoms with van der Waals surface area (Å²) in [6.07, 6.45) is 7.19. The zero-order valence-corrected chi connectivity index (χ0v) is 15.4. The summed E-state index contributed by atoms with van der Waals surface area (Å²) in [6, 6.07) is 3.73. The van der Waals surface area contributed by atoms with Crippen LogP contribution in [-0.2, 0) is 22.5 Å². The van der Waals surface area contributed by atoms with Crippen molar-refractivity contribution in [3.63, 3.8) is 0 Å². The zero-order chi connectivity index (χ0) is 18.4. The van der Waals surface area contributed by atoms with Crippen molar-refractivity contribution in [2.75, 3.05) is 13.2 Å². The lowest BCUT2D eigenvalue weighted by atomic mass is 10.1. The van der Waals surface area contributed by atoms with Crippen molar-refractivity contribution in [3.8, 4) is 5.75 Å². The third-order valence-corrected chi connectivity index (χ3v) is 4.52. The summed E-state index contributed by atoms with van der Waals surface area (Å²) in [5, 5.41) is 3.10. The monoisotopic (exact) mass is 358 g/mol. The molecule has 1 aliphatic heterocycles. The van der Waals surface area contributed by atoms with Crippen molar-refractivity contribution in [3.05, 3.63) is 42.2 Å². The highest BCUT2D eigenvalue weighted by Gasteiger charge is 2.29. The van der Waals surface area contributed by atoms with Gasteiger partial charge >= 0.3 is 0 Å². The molecular formula is C19H26N4O3. The van der Waals surface area contributed by atoms with Crippen LogP contribution in [0.15, 0.2) is 30.7 Å². The van der Waals surface area contributed by atoms with Crippen LogP contribution in [0.25, 0.3) is 0 Å². The summed E-state index contributed by atoms with van der Waals surface area (Å²) in [6.45, 7) is 5.70. The first-order valence-electron chi connectivity index (χ1n) is 9.12. The summed E-state index contributed by atoms with van der Waals surface area (Å²) in [7, 11) is 0. The van der Waals surface area contributed by atoms with Crippen LogP contribution in [0.3, 0.4) is 0 Å². The fourth-order valence-corrected chi connectivity index (χ4v) is 3.05. The number of pyridine rings is 1. The molecule has 0 spiro atoms. The largest absolute Gasteiger partial charge is 0.484 e. The van der Waals surface area contributed by atoms with Crippen molar-refractivity contribution in [2.24, 2.45) is 0 Å². The molecule has 26 heavy (non-hydrogen) atoms. The van der Waals surface area contributed by atoms with E-state index in [1.807, 2.05) is 29.8 Å². The molecule has 0 saturated carbocycles. The van der Waals surface area contributed by atoms with E-state index in [1.54, 1.807) is 12.4 Å². The third-order valence-electron chi connectivity index (χ3n) is 4.52. The molecule has 0 aromatic carbocycles. The van der Waals surface area contributed by atoms with Gasteiger partial charge in [0.2, 0.25) is 5.91 Å². The summed E-state index contributed by atoms with van der Waals surface area (Å²) in [5.41, 5.74) is 0.938. The van der Waals surface area contributed by atoms with Crippen molar-refractivity contribution < 1.29 is 14.3 Å². The van der Waals surface area contributed by atoms with Gasteiger partial charge in [-0.1, -0.05) is 6.92 Å². The van der Waals surface area contributed by atoms with Crippen LogP contribution in [-0.4, -0.2) is 45.8 Å². The highest BCUT2D eigenvalue weighted by molar-refractivity contribution is 5.76. The lowest BCUT2D eigenvalue weighted by molar-refractivity contribution is -0.124. The summed E-state index contributed by atoms with van der Waals surface area (Å²) in [5.74, 6) is 1.71. The average molecular weight is 358 g/mol. The second-order valence-corrected chi connectivity index (χ2v) is 6.47. The third kappa shape index (κ3) is 4.82. The van der Waals surface area contributed by atoms with E-state index in [1.165, 1.54) is 0 Å². The van der Waals surface area contributed by atoms with Gasteiger partial charge in [0.15, 0.2) is 0 Å². The van der Waals surface area contributed by atoms with Crippen molar-refractivity contribution in [2.45, 2.75) is 51.8 Å². The minimum Gasteiger partial charge on any atom is -0.484 e. The molecule has 0 unspecified atom stereocenters. The number of hydrogen-bond donors (Lipinski definition) is 1. The van der Waals surface area contributed by atoms with Gasteiger partial charge in [-0.3, -0.25) is 9.78 Å². The average Bonchev–Trinajstić information content (AvgIpc) is 3.11. The van der Waals surface area contributed by atoms with E-state index < -0.39 is 0 Å². The Hall–Kier alpha value is -2.41. The minimum atomic E-state index is -0.211. The SMILES string of the molecule is CCc1nccn1CCC(=O)N[C@H]1CCOC[C@H]1Oc1ccc(C)nc1. The van der Waals surface area contributed by atoms with E-state index >= 15 is 0 Å². The number of rotatable bonds is 7. The van der Waals surface area contributed by atoms with Gasteiger partial charge in [-0.2, -0.15) is 0 Å². The Morgan fingerprint density at radius 2 is 2.31 bits per heavy atom. The molecule has 3 heterocycles. The van der Waals surface area contributed by atoms with Crippen LogP contribution in [0, 0.1) is 6.92 Å². The molecule has 2 aromatic rings. The molecular weight excluding hydrogens is 332 g/mol. The Labute approximate surface area is 153 Å². The van der Waals surface area contributed by atoms with Crippen LogP contribution in [0.4, 0.5) is 0 Å². The lowest BCUT2D eigenvalue weighted by Gasteiger charge is -2.32. The molecule has 7 heteroatoms. The molecule has 0 bridgehead atoms. The van der Waals surface area contributed by atoms with Gasteiger partial charge in [-0.15, -0.1) is 0 Å². The Bertz CT molecular complexity index is 714. The predicted octanol–water partition coefficient (Wildman–Crippen LogP) is 1.89. The van der Waals surface area contributed by atoms with Crippen LogP contribution in [0.2, 0.25) is 0 Å². The topological polar surface area (TPSA) is 78.3 Å². The van der Waals surface area contributed by atoms with Crippen LogP contribution < -0.4 is 10.1 Å². The number of carbonyl (C=O) groups is 1. The molecule has 1 N–H and O–H groups in total. The Balaban J connectivity index is 1.53. The van der Waals surface area contributed by atoms with Gasteiger partial charge in [0.25, 0.3) is 0 Å². The van der Waals surface area contributed by atoms with E-state index in [-0.39, 0.29) is 18.1 Å². The molecule has 1 amide bonds. The first-order valence-corrected chi connectivity index (χ1v) is 9.12. The highest BCUT2D eigenvalue weighted by Crippen LogP contribution is 2.17. The zero-order valence-electron chi connectivity index (χ0n) is 15.4. The number of aryl methyl sites for hydroxylation is 3. The Morgan fingerprint density at radius 1 is 1.42 bits per heavy atom. The fraction of sp³-hybridized carbons (Fsp3) is 0.526. The molecule has 0 aliphatic carbocycles. The molecule has 2 aromatic heterocycles. The maximum atomic E-state index is 12.4. The highest BCUT2D eigenvalue weighted by atomic mass is 16.5. The summed E-state index contributed by atoms with van der Waals surface area (Å²) < 4.78 is 13.5. The van der Waals surface area contributed by atoms with Gasteiger partial charge in [0, 0.05) is 44.1 Å². The summed E-state index contributed by atoms with van der Waals surface area (Å²) in [4.78, 5) is 20.9. The van der Waals surface area contributed by atoms with Gasteiger partial charge in [-0.05, 0) is 25.5 Å². The number of hydrogen-bond acceptors (Lipinski definition) is 5. The second kappa shape index (κ2) is 8.80. The van der Waals surface area contributed by atoms with Crippen LogP contribution in [0.5, 0.6) is 5.75 Å². The predicted molar refractivity (Wildman–Crippen MR) is 97.0 cm³/mol. The van der Waals surface area contributed by atoms with Crippen molar-refractivity contribution >= 4 is 5.91 Å².